The average Bonchev–Trinajstić information content (AvgIpc) is 2.58. The quantitative estimate of drug-likeness (QED) is 0.622. The van der Waals surface area contributed by atoms with Gasteiger partial charge in [-0.3, -0.25) is 0 Å². The molecule has 3 aromatic carbocycles. The topological polar surface area (TPSA) is 17.1 Å². The number of carbonyl (C=O) groups excluding carboxylic acids is 1. The van der Waals surface area contributed by atoms with Gasteiger partial charge in [-0.05, 0) is 0 Å². The van der Waals surface area contributed by atoms with Crippen molar-refractivity contribution in [3.05, 3.63) is 91.0 Å². The van der Waals surface area contributed by atoms with Crippen LogP contribution in [-0.2, 0) is 4.79 Å². The molecule has 0 aliphatic carbocycles. The summed E-state index contributed by atoms with van der Waals surface area (Å²) in [7, 11) is -2.64. The third-order valence-electron chi connectivity index (χ3n) is 4.15. The van der Waals surface area contributed by atoms with Crippen molar-refractivity contribution in [3.63, 3.8) is 0 Å². The Labute approximate surface area is 148 Å². The van der Waals surface area contributed by atoms with Crippen molar-refractivity contribution in [2.24, 2.45) is 0 Å². The van der Waals surface area contributed by atoms with Crippen LogP contribution in [0, 0.1) is 0 Å². The molecule has 118 valence electrons. The van der Waals surface area contributed by atoms with Gasteiger partial charge in [0.05, 0.1) is 0 Å². The number of carbonyl (C=O) groups is 1. The standard InChI is InChI=1S/C20H19OP.BrH/c1-17(21)22(18-11-5-2-6-12-18,19-13-7-3-8-14-19)20-15-9-4-10-16-20;/h2-16,22H,1H3;1H. The van der Waals surface area contributed by atoms with Gasteiger partial charge in [0.15, 0.2) is 0 Å². The number of rotatable bonds is 4. The number of hydrogen-bond acceptors (Lipinski definition) is 1. The van der Waals surface area contributed by atoms with Crippen molar-refractivity contribution in [3.8, 4) is 0 Å². The molecule has 0 spiro atoms. The van der Waals surface area contributed by atoms with Crippen molar-refractivity contribution >= 4 is 45.7 Å². The second-order valence-corrected chi connectivity index (χ2v) is 9.34. The van der Waals surface area contributed by atoms with E-state index in [0.717, 1.165) is 15.9 Å². The van der Waals surface area contributed by atoms with Gasteiger partial charge in [0.1, 0.15) is 0 Å². The summed E-state index contributed by atoms with van der Waals surface area (Å²) in [5, 5.41) is 3.42. The Morgan fingerprint density at radius 3 is 1.09 bits per heavy atom. The fourth-order valence-corrected chi connectivity index (χ4v) is 7.47. The molecule has 23 heavy (non-hydrogen) atoms. The summed E-state index contributed by atoms with van der Waals surface area (Å²) in [6, 6.07) is 30.7. The van der Waals surface area contributed by atoms with E-state index in [0.29, 0.717) is 0 Å². The molecule has 0 unspecified atom stereocenters. The molecule has 0 N–H and O–H groups in total. The Hall–Kier alpha value is -1.76. The Bertz CT molecular complexity index is 661. The molecular formula is C20H20BrOP. The molecule has 3 aromatic rings. The van der Waals surface area contributed by atoms with Crippen LogP contribution in [0.4, 0.5) is 0 Å². The molecule has 0 radical (unpaired) electrons. The Morgan fingerprint density at radius 1 is 0.609 bits per heavy atom. The second-order valence-electron chi connectivity index (χ2n) is 5.40. The van der Waals surface area contributed by atoms with E-state index in [2.05, 4.69) is 36.4 Å². The van der Waals surface area contributed by atoms with Crippen molar-refractivity contribution in [2.75, 3.05) is 0 Å². The molecule has 3 rings (SSSR count). The zero-order valence-electron chi connectivity index (χ0n) is 13.0. The van der Waals surface area contributed by atoms with E-state index >= 15 is 0 Å². The molecule has 0 aliphatic rings. The van der Waals surface area contributed by atoms with Crippen LogP contribution in [0.3, 0.4) is 0 Å². The molecule has 0 fully saturated rings. The molecule has 0 aliphatic heterocycles. The monoisotopic (exact) mass is 386 g/mol. The molecule has 0 heterocycles. The average molecular weight is 387 g/mol. The van der Waals surface area contributed by atoms with E-state index < -0.39 is 7.26 Å². The summed E-state index contributed by atoms with van der Waals surface area (Å²) in [6.45, 7) is 1.74. The Kier molecular flexibility index (Phi) is 5.87. The normalized spacial score (nSPS) is 11.3. The fourth-order valence-electron chi connectivity index (χ4n) is 3.17. The predicted molar refractivity (Wildman–Crippen MR) is 108 cm³/mol. The summed E-state index contributed by atoms with van der Waals surface area (Å²) >= 11 is 0. The van der Waals surface area contributed by atoms with Gasteiger partial charge in [-0.25, -0.2) is 0 Å². The summed E-state index contributed by atoms with van der Waals surface area (Å²) in [5.41, 5.74) is 0.260. The third kappa shape index (κ3) is 3.15. The van der Waals surface area contributed by atoms with Crippen LogP contribution >= 0.6 is 24.2 Å². The maximum atomic E-state index is 12.9. The van der Waals surface area contributed by atoms with Crippen LogP contribution in [-0.4, -0.2) is 5.52 Å². The van der Waals surface area contributed by atoms with E-state index in [1.165, 1.54) is 0 Å². The summed E-state index contributed by atoms with van der Waals surface area (Å²) in [5.74, 6) is 0. The zero-order chi connectivity index (χ0) is 15.4. The van der Waals surface area contributed by atoms with E-state index in [-0.39, 0.29) is 22.5 Å². The maximum absolute atomic E-state index is 12.9. The predicted octanol–water partition coefficient (Wildman–Crippen LogP) is 3.84. The first kappa shape index (κ1) is 17.6. The van der Waals surface area contributed by atoms with Crippen molar-refractivity contribution in [1.82, 2.24) is 0 Å². The van der Waals surface area contributed by atoms with Crippen molar-refractivity contribution in [2.45, 2.75) is 6.92 Å². The molecule has 0 amide bonds. The first-order valence-electron chi connectivity index (χ1n) is 7.44. The summed E-state index contributed by atoms with van der Waals surface area (Å²) in [4.78, 5) is 12.9. The van der Waals surface area contributed by atoms with Crippen molar-refractivity contribution < 1.29 is 4.79 Å². The van der Waals surface area contributed by atoms with Crippen molar-refractivity contribution in [1.29, 1.82) is 0 Å². The number of benzene rings is 3. The van der Waals surface area contributed by atoms with Crippen LogP contribution in [0.15, 0.2) is 91.0 Å². The first-order chi connectivity index (χ1) is 10.8. The minimum absolute atomic E-state index is 0. The molecule has 0 bridgehead atoms. The van der Waals surface area contributed by atoms with Gasteiger partial charge in [-0.1, -0.05) is 0 Å². The number of halogens is 1. The van der Waals surface area contributed by atoms with Gasteiger partial charge >= 0.3 is 131 Å². The molecule has 3 heteroatoms. The molecule has 1 nitrogen and oxygen atoms in total. The van der Waals surface area contributed by atoms with Gasteiger partial charge in [0, 0.05) is 0 Å². The van der Waals surface area contributed by atoms with Gasteiger partial charge in [0.2, 0.25) is 0 Å². The molecule has 0 saturated carbocycles. The minimum atomic E-state index is -2.64. The first-order valence-corrected chi connectivity index (χ1v) is 9.44. The molecule has 0 aromatic heterocycles. The van der Waals surface area contributed by atoms with E-state index in [9.17, 15) is 4.79 Å². The Balaban J connectivity index is 0.00000192. The van der Waals surface area contributed by atoms with Crippen LogP contribution < -0.4 is 15.9 Å². The summed E-state index contributed by atoms with van der Waals surface area (Å²) in [6.07, 6.45) is 0. The van der Waals surface area contributed by atoms with Crippen LogP contribution in [0.5, 0.6) is 0 Å². The second kappa shape index (κ2) is 7.68. The molecular weight excluding hydrogens is 367 g/mol. The third-order valence-corrected chi connectivity index (χ3v) is 8.80. The van der Waals surface area contributed by atoms with Crippen LogP contribution in [0.25, 0.3) is 0 Å². The van der Waals surface area contributed by atoms with Crippen LogP contribution in [0.1, 0.15) is 6.92 Å². The zero-order valence-corrected chi connectivity index (χ0v) is 15.7. The van der Waals surface area contributed by atoms with E-state index in [1.54, 1.807) is 6.92 Å². The van der Waals surface area contributed by atoms with E-state index in [1.807, 2.05) is 54.6 Å². The van der Waals surface area contributed by atoms with E-state index in [4.69, 9.17) is 0 Å². The van der Waals surface area contributed by atoms with Gasteiger partial charge in [-0.2, -0.15) is 0 Å². The summed E-state index contributed by atoms with van der Waals surface area (Å²) < 4.78 is 0. The van der Waals surface area contributed by atoms with Gasteiger partial charge in [-0.15, -0.1) is 17.0 Å². The molecule has 0 atom stereocenters. The Morgan fingerprint density at radius 2 is 0.870 bits per heavy atom. The van der Waals surface area contributed by atoms with Crippen LogP contribution in [0.2, 0.25) is 0 Å². The fraction of sp³-hybridized carbons (Fsp3) is 0.0500. The van der Waals surface area contributed by atoms with Gasteiger partial charge in [0.25, 0.3) is 0 Å². The number of hydrogen-bond donors (Lipinski definition) is 0. The SMILES string of the molecule is Br.CC(=O)[PH](c1ccccc1)(c1ccccc1)c1ccccc1. The van der Waals surface area contributed by atoms with Gasteiger partial charge < -0.3 is 0 Å². The molecule has 0 saturated heterocycles.